The van der Waals surface area contributed by atoms with Crippen LogP contribution in [0, 0.1) is 5.92 Å². The van der Waals surface area contributed by atoms with Crippen LogP contribution in [0.3, 0.4) is 0 Å². The molecule has 2 aromatic rings. The fourth-order valence-electron chi connectivity index (χ4n) is 3.11. The number of aromatic nitrogens is 2. The van der Waals surface area contributed by atoms with Crippen molar-refractivity contribution in [1.29, 1.82) is 0 Å². The highest BCUT2D eigenvalue weighted by molar-refractivity contribution is 9.10. The van der Waals surface area contributed by atoms with E-state index in [0.717, 1.165) is 55.9 Å². The van der Waals surface area contributed by atoms with Crippen LogP contribution in [0.1, 0.15) is 24.0 Å². The predicted octanol–water partition coefficient (Wildman–Crippen LogP) is 4.30. The molecule has 1 fully saturated rings. The summed E-state index contributed by atoms with van der Waals surface area (Å²) in [4.78, 5) is 10.4. The molecular formula is C17H18BrF3N4. The van der Waals surface area contributed by atoms with Crippen molar-refractivity contribution >= 4 is 27.6 Å². The van der Waals surface area contributed by atoms with Gasteiger partial charge in [0.15, 0.2) is 0 Å². The van der Waals surface area contributed by atoms with E-state index in [0.29, 0.717) is 16.2 Å². The van der Waals surface area contributed by atoms with Crippen LogP contribution in [-0.2, 0) is 12.6 Å². The Morgan fingerprint density at radius 2 is 1.76 bits per heavy atom. The Balaban J connectivity index is 1.58. The van der Waals surface area contributed by atoms with Crippen molar-refractivity contribution in [3.05, 3.63) is 46.2 Å². The second kappa shape index (κ2) is 7.19. The van der Waals surface area contributed by atoms with Crippen LogP contribution in [0.4, 0.5) is 24.8 Å². The minimum Gasteiger partial charge on any atom is -0.383 e. The van der Waals surface area contributed by atoms with Gasteiger partial charge in [0.2, 0.25) is 0 Å². The molecule has 0 aliphatic carbocycles. The average Bonchev–Trinajstić information content (AvgIpc) is 2.58. The van der Waals surface area contributed by atoms with Crippen LogP contribution in [0.5, 0.6) is 0 Å². The van der Waals surface area contributed by atoms with Gasteiger partial charge in [0.1, 0.15) is 22.4 Å². The summed E-state index contributed by atoms with van der Waals surface area (Å²) < 4.78 is 38.5. The van der Waals surface area contributed by atoms with Gasteiger partial charge >= 0.3 is 6.18 Å². The molecule has 2 heterocycles. The van der Waals surface area contributed by atoms with E-state index in [1.54, 1.807) is 12.1 Å². The van der Waals surface area contributed by atoms with Gasteiger partial charge in [-0.1, -0.05) is 12.1 Å². The Morgan fingerprint density at radius 1 is 1.12 bits per heavy atom. The van der Waals surface area contributed by atoms with Crippen LogP contribution in [-0.4, -0.2) is 23.1 Å². The number of anilines is 2. The molecule has 0 atom stereocenters. The van der Waals surface area contributed by atoms with Crippen LogP contribution in [0.25, 0.3) is 0 Å². The third kappa shape index (κ3) is 4.23. The molecule has 1 aromatic heterocycles. The number of hydrogen-bond acceptors (Lipinski definition) is 4. The van der Waals surface area contributed by atoms with E-state index >= 15 is 0 Å². The molecule has 1 aliphatic rings. The van der Waals surface area contributed by atoms with Crippen molar-refractivity contribution in [3.8, 4) is 0 Å². The third-order valence-corrected chi connectivity index (χ3v) is 5.28. The first kappa shape index (κ1) is 18.0. The minimum absolute atomic E-state index is 0.414. The summed E-state index contributed by atoms with van der Waals surface area (Å²) in [5.41, 5.74) is 6.14. The SMILES string of the molecule is Nc1ncnc(N2CCC(Cc3ccc(C(F)(F)F)cc3)CC2)c1Br. The molecule has 0 amide bonds. The van der Waals surface area contributed by atoms with Gasteiger partial charge in [-0.2, -0.15) is 13.2 Å². The van der Waals surface area contributed by atoms with Crippen LogP contribution in [0.15, 0.2) is 35.1 Å². The summed E-state index contributed by atoms with van der Waals surface area (Å²) in [6.07, 6.45) is -0.131. The van der Waals surface area contributed by atoms with Crippen molar-refractivity contribution in [2.75, 3.05) is 23.7 Å². The van der Waals surface area contributed by atoms with Crippen molar-refractivity contribution < 1.29 is 13.2 Å². The number of piperidine rings is 1. The second-order valence-corrected chi connectivity index (χ2v) is 7.02. The molecule has 3 rings (SSSR count). The van der Waals surface area contributed by atoms with Gasteiger partial charge in [-0.05, 0) is 58.8 Å². The largest absolute Gasteiger partial charge is 0.416 e. The van der Waals surface area contributed by atoms with Gasteiger partial charge in [0.25, 0.3) is 0 Å². The molecule has 134 valence electrons. The van der Waals surface area contributed by atoms with Crippen LogP contribution >= 0.6 is 15.9 Å². The Bertz CT molecular complexity index is 726. The molecule has 1 saturated heterocycles. The summed E-state index contributed by atoms with van der Waals surface area (Å²) >= 11 is 3.42. The number of nitrogens with two attached hydrogens (primary N) is 1. The number of benzene rings is 1. The molecule has 1 aliphatic heterocycles. The maximum absolute atomic E-state index is 12.6. The minimum atomic E-state index is -4.28. The average molecular weight is 415 g/mol. The molecule has 8 heteroatoms. The Morgan fingerprint density at radius 3 is 2.36 bits per heavy atom. The number of nitrogen functional groups attached to an aromatic ring is 1. The molecule has 0 unspecified atom stereocenters. The van der Waals surface area contributed by atoms with Crippen LogP contribution in [0.2, 0.25) is 0 Å². The van der Waals surface area contributed by atoms with Gasteiger partial charge in [-0.3, -0.25) is 0 Å². The normalized spacial score (nSPS) is 16.2. The van der Waals surface area contributed by atoms with Crippen molar-refractivity contribution in [3.63, 3.8) is 0 Å². The highest BCUT2D eigenvalue weighted by atomic mass is 79.9. The number of rotatable bonds is 3. The molecule has 25 heavy (non-hydrogen) atoms. The molecule has 0 radical (unpaired) electrons. The van der Waals surface area contributed by atoms with E-state index in [1.165, 1.54) is 6.33 Å². The lowest BCUT2D eigenvalue weighted by Crippen LogP contribution is -2.35. The summed E-state index contributed by atoms with van der Waals surface area (Å²) in [5, 5.41) is 0. The smallest absolute Gasteiger partial charge is 0.383 e. The Kier molecular flexibility index (Phi) is 5.17. The molecule has 0 bridgehead atoms. The first-order valence-corrected chi connectivity index (χ1v) is 8.81. The fourth-order valence-corrected chi connectivity index (χ4v) is 3.56. The van der Waals surface area contributed by atoms with Crippen molar-refractivity contribution in [2.24, 2.45) is 5.92 Å². The van der Waals surface area contributed by atoms with Crippen molar-refractivity contribution in [2.45, 2.75) is 25.4 Å². The summed E-state index contributed by atoms with van der Waals surface area (Å²) in [6, 6.07) is 5.48. The first-order valence-electron chi connectivity index (χ1n) is 8.01. The lowest BCUT2D eigenvalue weighted by molar-refractivity contribution is -0.137. The summed E-state index contributed by atoms with van der Waals surface area (Å²) in [7, 11) is 0. The van der Waals surface area contributed by atoms with Crippen molar-refractivity contribution in [1.82, 2.24) is 9.97 Å². The maximum atomic E-state index is 12.6. The van der Waals surface area contributed by atoms with E-state index in [2.05, 4.69) is 30.8 Å². The first-order chi connectivity index (χ1) is 11.8. The monoisotopic (exact) mass is 414 g/mol. The molecule has 0 spiro atoms. The Labute approximate surface area is 152 Å². The highest BCUT2D eigenvalue weighted by Gasteiger charge is 2.30. The zero-order chi connectivity index (χ0) is 18.0. The zero-order valence-corrected chi connectivity index (χ0v) is 15.0. The molecule has 0 saturated carbocycles. The van der Waals surface area contributed by atoms with Gasteiger partial charge in [0, 0.05) is 13.1 Å². The van der Waals surface area contributed by atoms with Gasteiger partial charge < -0.3 is 10.6 Å². The standard InChI is InChI=1S/C17H18BrF3N4/c18-14-15(22)23-10-24-16(14)25-7-5-12(6-8-25)9-11-1-3-13(4-2-11)17(19,20)21/h1-4,10,12H,5-9H2,(H2,22,23,24). The number of hydrogen-bond donors (Lipinski definition) is 1. The number of nitrogens with zero attached hydrogens (tertiary/aromatic N) is 3. The number of halogens is 4. The van der Waals surface area contributed by atoms with Crippen LogP contribution < -0.4 is 10.6 Å². The highest BCUT2D eigenvalue weighted by Crippen LogP contribution is 2.32. The van der Waals surface area contributed by atoms with E-state index < -0.39 is 11.7 Å². The topological polar surface area (TPSA) is 55.0 Å². The van der Waals surface area contributed by atoms with Gasteiger partial charge in [-0.25, -0.2) is 9.97 Å². The summed E-state index contributed by atoms with van der Waals surface area (Å²) in [5.74, 6) is 1.66. The number of alkyl halides is 3. The lowest BCUT2D eigenvalue weighted by atomic mass is 9.90. The maximum Gasteiger partial charge on any atom is 0.416 e. The lowest BCUT2D eigenvalue weighted by Gasteiger charge is -2.33. The molecule has 2 N–H and O–H groups in total. The Hall–Kier alpha value is -1.83. The predicted molar refractivity (Wildman–Crippen MR) is 94.2 cm³/mol. The fraction of sp³-hybridized carbons (Fsp3) is 0.412. The second-order valence-electron chi connectivity index (χ2n) is 6.23. The molecule has 1 aromatic carbocycles. The third-order valence-electron chi connectivity index (χ3n) is 4.52. The van der Waals surface area contributed by atoms with E-state index in [-0.39, 0.29) is 0 Å². The summed E-state index contributed by atoms with van der Waals surface area (Å²) in [6.45, 7) is 1.67. The zero-order valence-electron chi connectivity index (χ0n) is 13.4. The molecule has 4 nitrogen and oxygen atoms in total. The van der Waals surface area contributed by atoms with Gasteiger partial charge in [0.05, 0.1) is 5.56 Å². The van der Waals surface area contributed by atoms with E-state index in [1.807, 2.05) is 0 Å². The van der Waals surface area contributed by atoms with E-state index in [9.17, 15) is 13.2 Å². The quantitative estimate of drug-likeness (QED) is 0.813. The van der Waals surface area contributed by atoms with E-state index in [4.69, 9.17) is 5.73 Å². The van der Waals surface area contributed by atoms with Gasteiger partial charge in [-0.15, -0.1) is 0 Å². The molecular weight excluding hydrogens is 397 g/mol.